The molecule has 0 aliphatic rings. The smallest absolute Gasteiger partial charge is 0.213 e. The normalized spacial score (nSPS) is 12.2. The molecule has 0 heterocycles. The molecule has 0 aliphatic carbocycles. The Labute approximate surface area is 259 Å². The Bertz CT molecular complexity index is 764. The van der Waals surface area contributed by atoms with Crippen LogP contribution >= 0.6 is 92.8 Å². The van der Waals surface area contributed by atoms with Gasteiger partial charge in [-0.2, -0.15) is 0 Å². The molecule has 0 spiro atoms. The second-order valence-electron chi connectivity index (χ2n) is 7.85. The van der Waals surface area contributed by atoms with E-state index in [1.54, 1.807) is 6.08 Å². The average Bonchev–Trinajstić information content (AvgIpc) is 2.80. The Morgan fingerprint density at radius 1 is 0.811 bits per heavy atom. The van der Waals surface area contributed by atoms with Gasteiger partial charge in [0.2, 0.25) is 7.59 Å². The fourth-order valence-electron chi connectivity index (χ4n) is 3.07. The number of unbranched alkanes of at least 4 members (excludes halogenated alkanes) is 2. The van der Waals surface area contributed by atoms with E-state index < -0.39 is 13.9 Å². The lowest BCUT2D eigenvalue weighted by molar-refractivity contribution is -0.170. The predicted molar refractivity (Wildman–Crippen MR) is 157 cm³/mol. The van der Waals surface area contributed by atoms with E-state index in [4.69, 9.17) is 116 Å². The van der Waals surface area contributed by atoms with Gasteiger partial charge in [0.1, 0.15) is 22.6 Å². The Morgan fingerprint density at radius 3 is 1.84 bits per heavy atom. The predicted octanol–water partition coefficient (Wildman–Crippen LogP) is 9.17. The summed E-state index contributed by atoms with van der Waals surface area (Å²) in [4.78, 5) is 0. The van der Waals surface area contributed by atoms with Gasteiger partial charge in [-0.25, -0.2) is 0 Å². The van der Waals surface area contributed by atoms with Gasteiger partial charge in [0, 0.05) is 6.61 Å². The van der Waals surface area contributed by atoms with Gasteiger partial charge in [-0.1, -0.05) is 107 Å². The SMILES string of the molecule is CCc1cc(OCC=C(Cl)Cl)cc(CC)c1OCCCCCOCC(OCC(Cl)(Cl)Cl)OCC(Cl)(Cl)Cl. The summed E-state index contributed by atoms with van der Waals surface area (Å²) in [5.74, 6) is 1.68. The minimum absolute atomic E-state index is 0.0963. The highest BCUT2D eigenvalue weighted by Crippen LogP contribution is 2.31. The van der Waals surface area contributed by atoms with Crippen molar-refractivity contribution in [3.63, 3.8) is 0 Å². The zero-order valence-corrected chi connectivity index (χ0v) is 26.7. The maximum atomic E-state index is 6.15. The maximum Gasteiger partial charge on any atom is 0.213 e. The minimum atomic E-state index is -1.60. The summed E-state index contributed by atoms with van der Waals surface area (Å²) in [6.07, 6.45) is 4.99. The van der Waals surface area contributed by atoms with Crippen LogP contribution in [0.1, 0.15) is 44.2 Å². The van der Waals surface area contributed by atoms with E-state index in [0.29, 0.717) is 19.8 Å². The number of hydrogen-bond acceptors (Lipinski definition) is 5. The summed E-state index contributed by atoms with van der Waals surface area (Å²) >= 11 is 45.6. The van der Waals surface area contributed by atoms with Crippen molar-refractivity contribution in [3.8, 4) is 11.5 Å². The molecule has 0 radical (unpaired) electrons. The zero-order chi connectivity index (χ0) is 27.9. The monoisotopic (exact) mass is 680 g/mol. The van der Waals surface area contributed by atoms with Crippen LogP contribution < -0.4 is 9.47 Å². The number of hydrogen-bond donors (Lipinski definition) is 0. The average molecular weight is 684 g/mol. The van der Waals surface area contributed by atoms with Gasteiger partial charge in [0.05, 0.1) is 26.4 Å². The first-order valence-electron chi connectivity index (χ1n) is 11.7. The van der Waals surface area contributed by atoms with E-state index in [-0.39, 0.29) is 24.3 Å². The lowest BCUT2D eigenvalue weighted by Gasteiger charge is -2.22. The molecule has 0 aromatic heterocycles. The molecule has 0 amide bonds. The number of ether oxygens (including phenoxy) is 5. The summed E-state index contributed by atoms with van der Waals surface area (Å²) in [5.41, 5.74) is 2.18. The largest absolute Gasteiger partial charge is 0.493 e. The van der Waals surface area contributed by atoms with Crippen LogP contribution in [0.3, 0.4) is 0 Å². The number of rotatable bonds is 18. The third-order valence-electron chi connectivity index (χ3n) is 4.76. The van der Waals surface area contributed by atoms with Gasteiger partial charge in [-0.05, 0) is 61.4 Å². The van der Waals surface area contributed by atoms with Gasteiger partial charge >= 0.3 is 0 Å². The number of alkyl halides is 6. The molecule has 1 aromatic rings. The number of halogens is 8. The summed E-state index contributed by atoms with van der Waals surface area (Å²) in [5, 5.41) is 0. The first-order chi connectivity index (χ1) is 17.3. The summed E-state index contributed by atoms with van der Waals surface area (Å²) < 4.78 is 25.4. The van der Waals surface area contributed by atoms with Gasteiger partial charge in [0.15, 0.2) is 6.29 Å². The molecule has 0 fully saturated rings. The van der Waals surface area contributed by atoms with E-state index in [1.165, 1.54) is 0 Å². The molecule has 1 aromatic carbocycles. The van der Waals surface area contributed by atoms with Crippen molar-refractivity contribution in [2.45, 2.75) is 59.8 Å². The van der Waals surface area contributed by atoms with E-state index in [0.717, 1.165) is 54.7 Å². The molecule has 37 heavy (non-hydrogen) atoms. The molecule has 0 unspecified atom stereocenters. The molecule has 13 heteroatoms. The number of aryl methyl sites for hydroxylation is 2. The van der Waals surface area contributed by atoms with Crippen molar-refractivity contribution in [2.24, 2.45) is 0 Å². The van der Waals surface area contributed by atoms with Crippen molar-refractivity contribution in [1.82, 2.24) is 0 Å². The second kappa shape index (κ2) is 19.0. The van der Waals surface area contributed by atoms with E-state index in [9.17, 15) is 0 Å². The molecule has 0 bridgehead atoms. The highest BCUT2D eigenvalue weighted by molar-refractivity contribution is 6.68. The zero-order valence-electron chi connectivity index (χ0n) is 20.7. The maximum absolute atomic E-state index is 6.15. The topological polar surface area (TPSA) is 46.2 Å². The van der Waals surface area contributed by atoms with Crippen LogP contribution in [-0.4, -0.2) is 53.5 Å². The quantitative estimate of drug-likeness (QED) is 0.0878. The standard InChI is InChI=1S/C24H32Cl8O5/c1-3-17-12-19(34-11-8-20(25)26)13-18(4-2)22(17)35-10-7-5-6-9-33-14-21(36-15-23(27,28)29)37-16-24(30,31)32/h8,12-13,21H,3-7,9-11,14-16H2,1-2H3. The lowest BCUT2D eigenvalue weighted by atomic mass is 10.0. The Morgan fingerprint density at radius 2 is 1.35 bits per heavy atom. The molecular weight excluding hydrogens is 652 g/mol. The van der Waals surface area contributed by atoms with E-state index in [2.05, 4.69) is 13.8 Å². The molecular formula is C24H32Cl8O5. The van der Waals surface area contributed by atoms with Crippen molar-refractivity contribution < 1.29 is 23.7 Å². The van der Waals surface area contributed by atoms with E-state index in [1.807, 2.05) is 12.1 Å². The lowest BCUT2D eigenvalue weighted by Crippen LogP contribution is -2.31. The van der Waals surface area contributed by atoms with Gasteiger partial charge in [0.25, 0.3) is 0 Å². The molecule has 0 saturated heterocycles. The van der Waals surface area contributed by atoms with Crippen LogP contribution in [0, 0.1) is 0 Å². The van der Waals surface area contributed by atoms with Crippen LogP contribution in [0.15, 0.2) is 22.7 Å². The van der Waals surface area contributed by atoms with Crippen molar-refractivity contribution in [1.29, 1.82) is 0 Å². The van der Waals surface area contributed by atoms with Gasteiger partial charge in [-0.3, -0.25) is 0 Å². The van der Waals surface area contributed by atoms with Gasteiger partial charge < -0.3 is 23.7 Å². The fourth-order valence-corrected chi connectivity index (χ4v) is 3.58. The molecule has 1 rings (SSSR count). The summed E-state index contributed by atoms with van der Waals surface area (Å²) in [7, 11) is 0. The molecule has 0 saturated carbocycles. The first-order valence-corrected chi connectivity index (χ1v) is 14.7. The Hall–Kier alpha value is 0.760. The molecule has 0 aliphatic heterocycles. The van der Waals surface area contributed by atoms with Crippen molar-refractivity contribution in [3.05, 3.63) is 33.8 Å². The second-order valence-corrected chi connectivity index (χ2v) is 13.9. The van der Waals surface area contributed by atoms with Crippen LogP contribution in [0.5, 0.6) is 11.5 Å². The molecule has 5 nitrogen and oxygen atoms in total. The summed E-state index contributed by atoms with van der Waals surface area (Å²) in [6, 6.07) is 3.98. The van der Waals surface area contributed by atoms with Crippen LogP contribution in [0.2, 0.25) is 0 Å². The Kier molecular flexibility index (Phi) is 18.4. The Balaban J connectivity index is 2.44. The third-order valence-corrected chi connectivity index (χ3v) is 5.73. The molecule has 0 N–H and O–H groups in total. The fraction of sp³-hybridized carbons (Fsp3) is 0.667. The highest BCUT2D eigenvalue weighted by atomic mass is 35.6. The third kappa shape index (κ3) is 17.9. The minimum Gasteiger partial charge on any atom is -0.493 e. The summed E-state index contributed by atoms with van der Waals surface area (Å²) in [6.45, 7) is 5.24. The number of benzene rings is 1. The molecule has 214 valence electrons. The highest BCUT2D eigenvalue weighted by Gasteiger charge is 2.26. The van der Waals surface area contributed by atoms with Gasteiger partial charge in [-0.15, -0.1) is 0 Å². The van der Waals surface area contributed by atoms with Crippen LogP contribution in [-0.2, 0) is 27.1 Å². The van der Waals surface area contributed by atoms with Crippen molar-refractivity contribution >= 4 is 92.8 Å². The first kappa shape index (κ1) is 35.8. The van der Waals surface area contributed by atoms with Crippen LogP contribution in [0.25, 0.3) is 0 Å². The van der Waals surface area contributed by atoms with Crippen LogP contribution in [0.4, 0.5) is 0 Å². The van der Waals surface area contributed by atoms with E-state index >= 15 is 0 Å². The van der Waals surface area contributed by atoms with Crippen molar-refractivity contribution in [2.75, 3.05) is 39.6 Å². The molecule has 0 atom stereocenters.